The Morgan fingerprint density at radius 1 is 1.14 bits per heavy atom. The molecule has 11 heteroatoms. The van der Waals surface area contributed by atoms with Crippen molar-refractivity contribution in [1.29, 1.82) is 5.26 Å². The number of carbonyl (C=O) groups excluding carboxylic acids is 1. The molecule has 0 aliphatic heterocycles. The van der Waals surface area contributed by atoms with Crippen molar-refractivity contribution in [3.8, 4) is 23.3 Å². The highest BCUT2D eigenvalue weighted by Gasteiger charge is 2.17. The van der Waals surface area contributed by atoms with Crippen LogP contribution in [0.25, 0.3) is 6.08 Å². The van der Waals surface area contributed by atoms with Crippen molar-refractivity contribution >= 4 is 50.9 Å². The van der Waals surface area contributed by atoms with Gasteiger partial charge in [-0.1, -0.05) is 39.7 Å². The second-order valence-corrected chi connectivity index (χ2v) is 8.53. The highest BCUT2D eigenvalue weighted by Crippen LogP contribution is 2.36. The molecule has 3 aromatic rings. The van der Waals surface area contributed by atoms with E-state index in [1.165, 1.54) is 44.6 Å². The zero-order valence-corrected chi connectivity index (χ0v) is 21.4. The molecule has 0 aliphatic carbocycles. The summed E-state index contributed by atoms with van der Waals surface area (Å²) in [6, 6.07) is 16.0. The molecule has 0 unspecified atom stereocenters. The van der Waals surface area contributed by atoms with E-state index >= 15 is 0 Å². The molecule has 1 amide bonds. The molecule has 0 aliphatic rings. The third-order valence-electron chi connectivity index (χ3n) is 4.87. The minimum absolute atomic E-state index is 0.0417. The Balaban J connectivity index is 1.88. The van der Waals surface area contributed by atoms with Crippen molar-refractivity contribution in [1.82, 2.24) is 0 Å². The average molecular weight is 573 g/mol. The van der Waals surface area contributed by atoms with E-state index in [0.29, 0.717) is 32.1 Å². The van der Waals surface area contributed by atoms with Crippen LogP contribution in [0.3, 0.4) is 0 Å². The Hall–Kier alpha value is -4.07. The van der Waals surface area contributed by atoms with Crippen LogP contribution in [0.1, 0.15) is 11.1 Å². The van der Waals surface area contributed by atoms with E-state index in [9.17, 15) is 20.2 Å². The number of ether oxygens (including phenoxy) is 3. The van der Waals surface area contributed by atoms with Crippen molar-refractivity contribution < 1.29 is 23.9 Å². The third-order valence-corrected chi connectivity index (χ3v) is 5.66. The van der Waals surface area contributed by atoms with Crippen LogP contribution < -0.4 is 19.5 Å². The predicted octanol–water partition coefficient (Wildman–Crippen LogP) is 6.15. The topological polar surface area (TPSA) is 124 Å². The standard InChI is InChI=1S/C25H19BrClN3O6/c1-34-23-12-21(24(35-2)11-20(23)27)29-25(31)17(13-28)9-16-10-18(26)6-7-22(16)36-14-15-4-3-5-19(8-15)30(32)33/h3-12H,14H2,1-2H3,(H,29,31)/b17-9+. The van der Waals surface area contributed by atoms with E-state index in [2.05, 4.69) is 21.2 Å². The lowest BCUT2D eigenvalue weighted by Crippen LogP contribution is -2.14. The van der Waals surface area contributed by atoms with Crippen LogP contribution in [0.2, 0.25) is 5.02 Å². The van der Waals surface area contributed by atoms with Gasteiger partial charge in [0.05, 0.1) is 29.9 Å². The Bertz CT molecular complexity index is 1390. The number of benzene rings is 3. The molecule has 0 fully saturated rings. The summed E-state index contributed by atoms with van der Waals surface area (Å²) in [4.78, 5) is 23.5. The van der Waals surface area contributed by atoms with Gasteiger partial charge in [-0.3, -0.25) is 14.9 Å². The second-order valence-electron chi connectivity index (χ2n) is 7.21. The number of nitro benzene ring substituents is 1. The molecule has 36 heavy (non-hydrogen) atoms. The minimum atomic E-state index is -0.690. The molecule has 0 saturated carbocycles. The lowest BCUT2D eigenvalue weighted by Gasteiger charge is -2.13. The molecule has 0 saturated heterocycles. The number of rotatable bonds is 9. The van der Waals surface area contributed by atoms with E-state index in [-0.39, 0.29) is 29.3 Å². The molecule has 0 bridgehead atoms. The molecule has 0 radical (unpaired) electrons. The van der Waals surface area contributed by atoms with Gasteiger partial charge < -0.3 is 19.5 Å². The molecule has 3 rings (SSSR count). The maximum absolute atomic E-state index is 12.9. The molecule has 1 N–H and O–H groups in total. The second kappa shape index (κ2) is 12.1. The highest BCUT2D eigenvalue weighted by molar-refractivity contribution is 9.10. The Kier molecular flexibility index (Phi) is 8.89. The molecule has 9 nitrogen and oxygen atoms in total. The molecule has 0 heterocycles. The number of carbonyl (C=O) groups is 1. The quantitative estimate of drug-likeness (QED) is 0.141. The van der Waals surface area contributed by atoms with E-state index in [4.69, 9.17) is 25.8 Å². The fourth-order valence-electron chi connectivity index (χ4n) is 3.14. The molecule has 0 atom stereocenters. The van der Waals surface area contributed by atoms with Gasteiger partial charge in [-0.25, -0.2) is 0 Å². The summed E-state index contributed by atoms with van der Waals surface area (Å²) in [7, 11) is 2.85. The maximum Gasteiger partial charge on any atom is 0.269 e. The van der Waals surface area contributed by atoms with Gasteiger partial charge in [-0.05, 0) is 29.8 Å². The van der Waals surface area contributed by atoms with Crippen molar-refractivity contribution in [2.75, 3.05) is 19.5 Å². The highest BCUT2D eigenvalue weighted by atomic mass is 79.9. The summed E-state index contributed by atoms with van der Waals surface area (Å²) in [5.41, 5.74) is 1.04. The van der Waals surface area contributed by atoms with Crippen molar-refractivity contribution in [3.05, 3.63) is 90.9 Å². The summed E-state index contributed by atoms with van der Waals surface area (Å²) in [5.74, 6) is 0.287. The summed E-state index contributed by atoms with van der Waals surface area (Å²) >= 11 is 9.49. The minimum Gasteiger partial charge on any atom is -0.495 e. The summed E-state index contributed by atoms with van der Waals surface area (Å²) in [5, 5.41) is 23.6. The maximum atomic E-state index is 12.9. The van der Waals surface area contributed by atoms with Crippen molar-refractivity contribution in [3.63, 3.8) is 0 Å². The lowest BCUT2D eigenvalue weighted by molar-refractivity contribution is -0.384. The number of non-ortho nitro benzene ring substituents is 1. The van der Waals surface area contributed by atoms with Crippen LogP contribution in [-0.4, -0.2) is 25.1 Å². The molecule has 3 aromatic carbocycles. The van der Waals surface area contributed by atoms with E-state index in [1.54, 1.807) is 30.3 Å². The molecule has 0 aromatic heterocycles. The normalized spacial score (nSPS) is 10.8. The predicted molar refractivity (Wildman–Crippen MR) is 138 cm³/mol. The van der Waals surface area contributed by atoms with Gasteiger partial charge >= 0.3 is 0 Å². The molecule has 0 spiro atoms. The molecular formula is C25H19BrClN3O6. The fraction of sp³-hybridized carbons (Fsp3) is 0.120. The first-order valence-corrected chi connectivity index (χ1v) is 11.4. The van der Waals surface area contributed by atoms with Crippen LogP contribution >= 0.6 is 27.5 Å². The Morgan fingerprint density at radius 2 is 1.89 bits per heavy atom. The van der Waals surface area contributed by atoms with Crippen LogP contribution in [0.15, 0.2) is 64.6 Å². The van der Waals surface area contributed by atoms with E-state index in [1.807, 2.05) is 6.07 Å². The van der Waals surface area contributed by atoms with Crippen LogP contribution in [0.5, 0.6) is 17.2 Å². The van der Waals surface area contributed by atoms with Gasteiger partial charge in [-0.15, -0.1) is 0 Å². The number of halogens is 2. The van der Waals surface area contributed by atoms with Crippen LogP contribution in [0, 0.1) is 21.4 Å². The first-order valence-electron chi connectivity index (χ1n) is 10.3. The number of nitrogens with zero attached hydrogens (tertiary/aromatic N) is 2. The van der Waals surface area contributed by atoms with Gasteiger partial charge in [0.2, 0.25) is 0 Å². The lowest BCUT2D eigenvalue weighted by atomic mass is 10.1. The zero-order valence-electron chi connectivity index (χ0n) is 19.1. The first kappa shape index (κ1) is 26.5. The van der Waals surface area contributed by atoms with Gasteiger partial charge in [-0.2, -0.15) is 5.26 Å². The Labute approximate surface area is 220 Å². The average Bonchev–Trinajstić information content (AvgIpc) is 2.87. The zero-order chi connectivity index (χ0) is 26.2. The number of hydrogen-bond donors (Lipinski definition) is 1. The SMILES string of the molecule is COc1cc(NC(=O)/C(C#N)=C/c2cc(Br)ccc2OCc2cccc([N+](=O)[O-])c2)c(OC)cc1Cl. The number of anilines is 1. The van der Waals surface area contributed by atoms with Crippen LogP contribution in [-0.2, 0) is 11.4 Å². The Morgan fingerprint density at radius 3 is 2.56 bits per heavy atom. The summed E-state index contributed by atoms with van der Waals surface area (Å²) in [6.07, 6.45) is 1.38. The summed E-state index contributed by atoms with van der Waals surface area (Å²) in [6.45, 7) is 0.0417. The van der Waals surface area contributed by atoms with Gasteiger partial charge in [0.25, 0.3) is 11.6 Å². The number of amides is 1. The van der Waals surface area contributed by atoms with Gasteiger partial charge in [0.1, 0.15) is 35.5 Å². The first-order chi connectivity index (χ1) is 17.2. The molecule has 184 valence electrons. The largest absolute Gasteiger partial charge is 0.495 e. The van der Waals surface area contributed by atoms with Gasteiger partial charge in [0, 0.05) is 34.3 Å². The fourth-order valence-corrected chi connectivity index (χ4v) is 3.75. The third kappa shape index (κ3) is 6.53. The van der Waals surface area contributed by atoms with Crippen molar-refractivity contribution in [2.45, 2.75) is 6.61 Å². The number of hydrogen-bond acceptors (Lipinski definition) is 7. The summed E-state index contributed by atoms with van der Waals surface area (Å²) < 4.78 is 17.0. The van der Waals surface area contributed by atoms with Gasteiger partial charge in [0.15, 0.2) is 0 Å². The number of nitrogens with one attached hydrogen (secondary N) is 1. The smallest absolute Gasteiger partial charge is 0.269 e. The number of nitriles is 1. The molecular weight excluding hydrogens is 554 g/mol. The number of nitro groups is 1. The monoisotopic (exact) mass is 571 g/mol. The van der Waals surface area contributed by atoms with E-state index < -0.39 is 10.8 Å². The van der Waals surface area contributed by atoms with Crippen LogP contribution in [0.4, 0.5) is 11.4 Å². The van der Waals surface area contributed by atoms with E-state index in [0.717, 1.165) is 0 Å². The van der Waals surface area contributed by atoms with Crippen molar-refractivity contribution in [2.24, 2.45) is 0 Å². The number of methoxy groups -OCH3 is 2.